The van der Waals surface area contributed by atoms with Crippen molar-refractivity contribution in [1.29, 1.82) is 0 Å². The van der Waals surface area contributed by atoms with Crippen LogP contribution in [0.25, 0.3) is 0 Å². The predicted molar refractivity (Wildman–Crippen MR) is 113 cm³/mol. The summed E-state index contributed by atoms with van der Waals surface area (Å²) in [6.45, 7) is 0.872. The minimum atomic E-state index is -1.65. The van der Waals surface area contributed by atoms with E-state index in [0.717, 1.165) is 0 Å². The molecule has 194 valence electrons. The number of carbonyl (C=O) groups is 1. The molecule has 3 bridgehead atoms. The molecule has 0 amide bonds. The van der Waals surface area contributed by atoms with Crippen LogP contribution in [0.4, 0.5) is 0 Å². The highest BCUT2D eigenvalue weighted by molar-refractivity contribution is 5.89. The number of aromatic hydroxyl groups is 1. The first-order valence-corrected chi connectivity index (χ1v) is 11.5. The summed E-state index contributed by atoms with van der Waals surface area (Å²) >= 11 is 0. The van der Waals surface area contributed by atoms with Crippen LogP contribution in [0.3, 0.4) is 0 Å². The molecule has 0 aromatic heterocycles. The molecule has 0 unspecified atom stereocenters. The van der Waals surface area contributed by atoms with E-state index in [1.54, 1.807) is 6.92 Å². The van der Waals surface area contributed by atoms with E-state index < -0.39 is 72.5 Å². The van der Waals surface area contributed by atoms with Gasteiger partial charge >= 0.3 is 5.97 Å². The van der Waals surface area contributed by atoms with E-state index in [1.165, 1.54) is 24.3 Å². The Morgan fingerprint density at radius 1 is 1.09 bits per heavy atom. The van der Waals surface area contributed by atoms with Gasteiger partial charge in [0, 0.05) is 12.8 Å². The number of ether oxygens (including phenoxy) is 5. The molecule has 1 aliphatic carbocycles. The average molecular weight is 498 g/mol. The lowest BCUT2D eigenvalue weighted by Crippen LogP contribution is -2.67. The van der Waals surface area contributed by atoms with E-state index >= 15 is 0 Å². The monoisotopic (exact) mass is 498 g/mol. The quantitative estimate of drug-likeness (QED) is 0.256. The van der Waals surface area contributed by atoms with Crippen molar-refractivity contribution in [2.75, 3.05) is 13.2 Å². The highest BCUT2D eigenvalue weighted by Crippen LogP contribution is 2.62. The number of rotatable bonds is 6. The summed E-state index contributed by atoms with van der Waals surface area (Å²) in [5.74, 6) is -2.89. The van der Waals surface area contributed by atoms with Gasteiger partial charge in [0.15, 0.2) is 18.4 Å². The third kappa shape index (κ3) is 3.93. The van der Waals surface area contributed by atoms with Gasteiger partial charge in [0.05, 0.1) is 18.1 Å². The van der Waals surface area contributed by atoms with Crippen molar-refractivity contribution < 1.29 is 59.1 Å². The fourth-order valence-corrected chi connectivity index (χ4v) is 5.81. The van der Waals surface area contributed by atoms with Crippen molar-refractivity contribution >= 4 is 5.97 Å². The molecule has 10 atom stereocenters. The standard InChI is InChI=1S/C23H30O12/c1-21-10-22(30)6-7-23(21,35-20-17(28)16(27)15(26)14(8-24)32-20)13(19(33-21)34-22)9-31-18(29)11-2-4-12(25)5-3-11/h2-5,13-17,19-20,24-28,30H,6-10H2,1H3/t13-,14-,15-,16+,17-,19-,20+,21+,22+,23-/m1/s1. The largest absolute Gasteiger partial charge is 0.508 e. The van der Waals surface area contributed by atoms with Gasteiger partial charge in [-0.05, 0) is 37.6 Å². The summed E-state index contributed by atoms with van der Waals surface area (Å²) in [5, 5.41) is 60.8. The molecule has 0 spiro atoms. The van der Waals surface area contributed by atoms with Crippen LogP contribution in [-0.4, -0.2) is 104 Å². The second-order valence-electron chi connectivity index (χ2n) is 9.91. The molecule has 1 aromatic rings. The molecule has 3 saturated heterocycles. The third-order valence-electron chi connectivity index (χ3n) is 7.71. The van der Waals surface area contributed by atoms with E-state index in [1.807, 2.05) is 0 Å². The molecule has 4 fully saturated rings. The number of benzene rings is 1. The summed E-state index contributed by atoms with van der Waals surface area (Å²) in [6, 6.07) is 5.53. The summed E-state index contributed by atoms with van der Waals surface area (Å²) in [7, 11) is 0. The molecule has 4 aliphatic rings. The third-order valence-corrected chi connectivity index (χ3v) is 7.71. The van der Waals surface area contributed by atoms with Gasteiger partial charge in [-0.2, -0.15) is 0 Å². The highest BCUT2D eigenvalue weighted by atomic mass is 16.8. The van der Waals surface area contributed by atoms with Gasteiger partial charge in [0.1, 0.15) is 48.0 Å². The zero-order chi connectivity index (χ0) is 25.2. The highest BCUT2D eigenvalue weighted by Gasteiger charge is 2.74. The van der Waals surface area contributed by atoms with Crippen molar-refractivity contribution in [2.45, 2.75) is 80.2 Å². The minimum absolute atomic E-state index is 0.00186. The number of aliphatic hydroxyl groups excluding tert-OH is 4. The Labute approximate surface area is 200 Å². The average Bonchev–Trinajstić information content (AvgIpc) is 2.92. The number of hydrogen-bond acceptors (Lipinski definition) is 12. The summed E-state index contributed by atoms with van der Waals surface area (Å²) in [6.07, 6.45) is -8.07. The summed E-state index contributed by atoms with van der Waals surface area (Å²) in [5.41, 5.74) is -2.19. The van der Waals surface area contributed by atoms with E-state index in [4.69, 9.17) is 23.7 Å². The maximum Gasteiger partial charge on any atom is 0.338 e. The first kappa shape index (κ1) is 24.8. The first-order valence-electron chi connectivity index (χ1n) is 11.5. The predicted octanol–water partition coefficient (Wildman–Crippen LogP) is -1.26. The van der Waals surface area contributed by atoms with Crippen LogP contribution in [0, 0.1) is 5.92 Å². The molecule has 12 heteroatoms. The normalized spacial score (nSPS) is 46.5. The maximum absolute atomic E-state index is 12.6. The van der Waals surface area contributed by atoms with Gasteiger partial charge in [-0.25, -0.2) is 4.79 Å². The fraction of sp³-hybridized carbons (Fsp3) is 0.696. The lowest BCUT2D eigenvalue weighted by atomic mass is 9.67. The Hall–Kier alpha value is -1.87. The molecule has 3 aliphatic heterocycles. The molecular weight excluding hydrogens is 468 g/mol. The lowest BCUT2D eigenvalue weighted by Gasteiger charge is -2.54. The Bertz CT molecular complexity index is 954. The zero-order valence-electron chi connectivity index (χ0n) is 19.0. The van der Waals surface area contributed by atoms with Crippen molar-refractivity contribution in [1.82, 2.24) is 0 Å². The summed E-state index contributed by atoms with van der Waals surface area (Å²) < 4.78 is 29.4. The van der Waals surface area contributed by atoms with Crippen LogP contribution >= 0.6 is 0 Å². The smallest absolute Gasteiger partial charge is 0.338 e. The van der Waals surface area contributed by atoms with E-state index in [0.29, 0.717) is 0 Å². The van der Waals surface area contributed by atoms with E-state index in [9.17, 15) is 35.4 Å². The van der Waals surface area contributed by atoms with Gasteiger partial charge in [-0.3, -0.25) is 0 Å². The number of esters is 1. The number of carbonyl (C=O) groups excluding carboxylic acids is 1. The lowest BCUT2D eigenvalue weighted by molar-refractivity contribution is -0.390. The molecule has 6 N–H and O–H groups in total. The van der Waals surface area contributed by atoms with E-state index in [-0.39, 0.29) is 37.2 Å². The topological polar surface area (TPSA) is 185 Å². The number of phenolic OH excluding ortho intramolecular Hbond substituents is 1. The molecular formula is C23H30O12. The number of phenols is 1. The van der Waals surface area contributed by atoms with Crippen LogP contribution < -0.4 is 0 Å². The number of fused-ring (bicyclic) bond motifs is 2. The number of hydrogen-bond donors (Lipinski definition) is 6. The first-order chi connectivity index (χ1) is 16.5. The van der Waals surface area contributed by atoms with Gasteiger partial charge in [0.25, 0.3) is 0 Å². The van der Waals surface area contributed by atoms with Crippen molar-refractivity contribution in [3.05, 3.63) is 29.8 Å². The van der Waals surface area contributed by atoms with Crippen LogP contribution in [0.15, 0.2) is 24.3 Å². The van der Waals surface area contributed by atoms with Crippen LogP contribution in [0.1, 0.15) is 36.5 Å². The van der Waals surface area contributed by atoms with Gasteiger partial charge < -0.3 is 54.3 Å². The van der Waals surface area contributed by atoms with Crippen LogP contribution in [0.5, 0.6) is 5.75 Å². The molecule has 3 heterocycles. The fourth-order valence-electron chi connectivity index (χ4n) is 5.81. The number of aliphatic hydroxyl groups is 5. The van der Waals surface area contributed by atoms with Crippen LogP contribution in [0.2, 0.25) is 0 Å². The molecule has 1 saturated carbocycles. The molecule has 35 heavy (non-hydrogen) atoms. The van der Waals surface area contributed by atoms with Crippen molar-refractivity contribution in [3.63, 3.8) is 0 Å². The molecule has 0 radical (unpaired) electrons. The van der Waals surface area contributed by atoms with Gasteiger partial charge in [0.2, 0.25) is 0 Å². The van der Waals surface area contributed by atoms with Crippen LogP contribution in [-0.2, 0) is 23.7 Å². The molecule has 12 nitrogen and oxygen atoms in total. The Morgan fingerprint density at radius 2 is 1.80 bits per heavy atom. The Morgan fingerprint density at radius 3 is 2.49 bits per heavy atom. The Balaban J connectivity index is 1.42. The molecule has 1 aromatic carbocycles. The van der Waals surface area contributed by atoms with Crippen molar-refractivity contribution in [3.8, 4) is 5.75 Å². The van der Waals surface area contributed by atoms with E-state index in [2.05, 4.69) is 0 Å². The SMILES string of the molecule is C[C@]12C[C@]3(O)CC[C@@]1(O[C@@H]1O[C@H](CO)[C@@H](O)[C@H](O)[C@H]1O)[C@H](COC(=O)c1ccc(O)cc1)[C@@H](O3)O2. The summed E-state index contributed by atoms with van der Waals surface area (Å²) in [4.78, 5) is 12.6. The minimum Gasteiger partial charge on any atom is -0.508 e. The Kier molecular flexibility index (Phi) is 6.10. The zero-order valence-corrected chi connectivity index (χ0v) is 19.0. The van der Waals surface area contributed by atoms with Gasteiger partial charge in [-0.15, -0.1) is 0 Å². The second kappa shape index (κ2) is 8.61. The van der Waals surface area contributed by atoms with Crippen molar-refractivity contribution in [2.24, 2.45) is 5.92 Å². The second-order valence-corrected chi connectivity index (χ2v) is 9.91. The molecule has 5 rings (SSSR count). The van der Waals surface area contributed by atoms with Gasteiger partial charge in [-0.1, -0.05) is 0 Å². The maximum atomic E-state index is 12.6.